The van der Waals surface area contributed by atoms with Crippen molar-refractivity contribution in [2.24, 2.45) is 0 Å². The topological polar surface area (TPSA) is 0 Å². The quantitative estimate of drug-likeness (QED) is 0.330. The fourth-order valence-corrected chi connectivity index (χ4v) is 3.95. The molecule has 0 aliphatic carbocycles. The molecule has 4 aromatic rings. The Morgan fingerprint density at radius 2 is 0.848 bits per heavy atom. The van der Waals surface area contributed by atoms with E-state index in [0.29, 0.717) is 0 Å². The van der Waals surface area contributed by atoms with Crippen LogP contribution in [0.25, 0.3) is 21.5 Å². The summed E-state index contributed by atoms with van der Waals surface area (Å²) in [5.74, 6) is 0. The molecule has 0 saturated carbocycles. The van der Waals surface area contributed by atoms with E-state index in [0.717, 1.165) is 38.5 Å². The number of fused-ring (bicyclic) bond motifs is 2. The molecule has 180 valence electrons. The smallest absolute Gasteiger partial charge is 1.00 e. The summed E-state index contributed by atoms with van der Waals surface area (Å²) in [6, 6.07) is 22.3. The zero-order chi connectivity index (χ0) is 21.9. The van der Waals surface area contributed by atoms with E-state index in [9.17, 15) is 0 Å². The number of hydrogen-bond acceptors (Lipinski definition) is 0. The van der Waals surface area contributed by atoms with E-state index < -0.39 is 0 Å². The van der Waals surface area contributed by atoms with Gasteiger partial charge in [-0.15, -0.1) is 56.9 Å². The monoisotopic (exact) mass is 558 g/mol. The van der Waals surface area contributed by atoms with Gasteiger partial charge in [-0.05, 0) is 12.8 Å². The molecule has 0 nitrogen and oxygen atoms in total. The normalized spacial score (nSPS) is 9.52. The Balaban J connectivity index is 0. The molecule has 0 radical (unpaired) electrons. The molecule has 0 aliphatic heterocycles. The molecule has 0 aromatic heterocycles. The van der Waals surface area contributed by atoms with Crippen LogP contribution < -0.4 is 24.8 Å². The molecule has 0 spiro atoms. The van der Waals surface area contributed by atoms with Gasteiger partial charge in [-0.2, -0.15) is 24.3 Å². The molecule has 0 unspecified atom stereocenters. The van der Waals surface area contributed by atoms with Gasteiger partial charge in [0.1, 0.15) is 0 Å². The van der Waals surface area contributed by atoms with E-state index in [1.165, 1.54) is 43.8 Å². The molecule has 4 rings (SSSR count). The summed E-state index contributed by atoms with van der Waals surface area (Å²) in [4.78, 5) is 0. The molecule has 0 heterocycles. The SMILES string of the molecule is CCc1ccc(CC)c2[cH-]ccc12.CCc1ccc(CC)c2[cH-]ccc12.[CH2-]CC[CH2-].[Cl-].[Cl-].[Zr+2]. The first-order valence-corrected chi connectivity index (χ1v) is 11.6. The molecule has 0 bridgehead atoms. The van der Waals surface area contributed by atoms with Gasteiger partial charge in [0.25, 0.3) is 0 Å². The summed E-state index contributed by atoms with van der Waals surface area (Å²) in [6.07, 6.45) is 6.43. The van der Waals surface area contributed by atoms with E-state index >= 15 is 0 Å². The van der Waals surface area contributed by atoms with Crippen molar-refractivity contribution in [1.29, 1.82) is 0 Å². The largest absolute Gasteiger partial charge is 2.00 e. The van der Waals surface area contributed by atoms with Gasteiger partial charge in [0, 0.05) is 0 Å². The molecule has 33 heavy (non-hydrogen) atoms. The van der Waals surface area contributed by atoms with Gasteiger partial charge in [0.05, 0.1) is 0 Å². The Morgan fingerprint density at radius 3 is 1.12 bits per heavy atom. The minimum Gasteiger partial charge on any atom is -1.00 e. The van der Waals surface area contributed by atoms with Crippen LogP contribution in [0.15, 0.2) is 60.7 Å². The van der Waals surface area contributed by atoms with Crippen LogP contribution in [-0.2, 0) is 51.9 Å². The number of hydrogen-bond donors (Lipinski definition) is 0. The van der Waals surface area contributed by atoms with Crippen LogP contribution in [0.4, 0.5) is 0 Å². The summed E-state index contributed by atoms with van der Waals surface area (Å²) in [7, 11) is 0. The summed E-state index contributed by atoms with van der Waals surface area (Å²) < 4.78 is 0. The van der Waals surface area contributed by atoms with Gasteiger partial charge in [-0.3, -0.25) is 0 Å². The Morgan fingerprint density at radius 1 is 0.545 bits per heavy atom. The van der Waals surface area contributed by atoms with Crippen molar-refractivity contribution in [2.75, 3.05) is 0 Å². The maximum atomic E-state index is 3.54. The predicted molar refractivity (Wildman–Crippen MR) is 137 cm³/mol. The fourth-order valence-electron chi connectivity index (χ4n) is 3.95. The molecule has 3 heteroatoms. The average molecular weight is 561 g/mol. The first kappa shape index (κ1) is 34.3. The minimum atomic E-state index is 0. The average Bonchev–Trinajstić information content (AvgIpc) is 3.48. The van der Waals surface area contributed by atoms with E-state index in [1.807, 2.05) is 0 Å². The number of aryl methyl sites for hydroxylation is 4. The van der Waals surface area contributed by atoms with E-state index in [1.54, 1.807) is 0 Å². The third-order valence-corrected chi connectivity index (χ3v) is 5.76. The van der Waals surface area contributed by atoms with Crippen molar-refractivity contribution in [1.82, 2.24) is 0 Å². The van der Waals surface area contributed by atoms with Crippen LogP contribution in [0, 0.1) is 13.8 Å². The van der Waals surface area contributed by atoms with Crippen molar-refractivity contribution in [3.8, 4) is 0 Å². The van der Waals surface area contributed by atoms with E-state index in [4.69, 9.17) is 0 Å². The van der Waals surface area contributed by atoms with Crippen molar-refractivity contribution in [2.45, 2.75) is 66.2 Å². The summed E-state index contributed by atoms with van der Waals surface area (Å²) in [5, 5.41) is 5.78. The first-order valence-electron chi connectivity index (χ1n) is 11.6. The second kappa shape index (κ2) is 18.5. The van der Waals surface area contributed by atoms with Crippen LogP contribution >= 0.6 is 0 Å². The molecular weight excluding hydrogens is 522 g/mol. The molecule has 0 aliphatic rings. The van der Waals surface area contributed by atoms with Crippen molar-refractivity contribution >= 4 is 21.5 Å². The van der Waals surface area contributed by atoms with E-state index in [2.05, 4.69) is 102 Å². The van der Waals surface area contributed by atoms with E-state index in [-0.39, 0.29) is 51.0 Å². The van der Waals surface area contributed by atoms with Gasteiger partial charge < -0.3 is 38.7 Å². The minimum absolute atomic E-state index is 0. The molecule has 0 atom stereocenters. The number of unbranched alkanes of at least 4 members (excludes halogenated alkanes) is 1. The molecule has 0 fully saturated rings. The van der Waals surface area contributed by atoms with Crippen molar-refractivity contribution in [3.05, 3.63) is 96.8 Å². The van der Waals surface area contributed by atoms with Gasteiger partial charge in [-0.25, -0.2) is 12.8 Å². The number of rotatable bonds is 5. The molecule has 0 amide bonds. The van der Waals surface area contributed by atoms with Crippen LogP contribution in [0.3, 0.4) is 0 Å². The second-order valence-corrected chi connectivity index (χ2v) is 7.60. The van der Waals surface area contributed by atoms with Crippen LogP contribution in [0.2, 0.25) is 0 Å². The Hall–Kier alpha value is -0.877. The molecule has 0 saturated heterocycles. The fraction of sp³-hybridized carbons (Fsp3) is 0.333. The van der Waals surface area contributed by atoms with Crippen LogP contribution in [-0.4, -0.2) is 0 Å². The van der Waals surface area contributed by atoms with Gasteiger partial charge in [0.2, 0.25) is 0 Å². The zero-order valence-corrected chi connectivity index (χ0v) is 24.7. The zero-order valence-electron chi connectivity index (χ0n) is 20.7. The number of halogens is 2. The molecular formula is C30H38Cl2Zr-4. The van der Waals surface area contributed by atoms with Gasteiger partial charge in [-0.1, -0.05) is 63.8 Å². The molecule has 4 aromatic carbocycles. The first-order chi connectivity index (χ1) is 14.6. The standard InChI is InChI=1S/2C13H15.C4H8.2ClH.Zr/c2*1-3-10-8-9-11(4-2)13-7-5-6-12(10)13;1-3-4-2;;;/h2*5-9H,3-4H2,1-2H3;1-4H2;2*1H;/q2*-1;-2;;;+2/p-2. The Bertz CT molecular complexity index is 866. The predicted octanol–water partition coefficient (Wildman–Crippen LogP) is 2.81. The Kier molecular flexibility index (Phi) is 19.2. The third-order valence-electron chi connectivity index (χ3n) is 5.76. The van der Waals surface area contributed by atoms with Crippen molar-refractivity contribution in [3.63, 3.8) is 0 Å². The summed E-state index contributed by atoms with van der Waals surface area (Å²) >= 11 is 0. The van der Waals surface area contributed by atoms with Crippen LogP contribution in [0.1, 0.15) is 62.8 Å². The van der Waals surface area contributed by atoms with Gasteiger partial charge >= 0.3 is 26.2 Å². The maximum absolute atomic E-state index is 3.54. The van der Waals surface area contributed by atoms with Crippen LogP contribution in [0.5, 0.6) is 0 Å². The summed E-state index contributed by atoms with van der Waals surface area (Å²) in [6.45, 7) is 15.9. The Labute approximate surface area is 234 Å². The molecule has 0 N–H and O–H groups in total. The van der Waals surface area contributed by atoms with Gasteiger partial charge in [0.15, 0.2) is 0 Å². The maximum Gasteiger partial charge on any atom is 2.00 e. The number of benzene rings is 2. The summed E-state index contributed by atoms with van der Waals surface area (Å²) in [5.41, 5.74) is 5.88. The second-order valence-electron chi connectivity index (χ2n) is 7.60. The van der Waals surface area contributed by atoms with Crippen molar-refractivity contribution < 1.29 is 51.0 Å². The third kappa shape index (κ3) is 9.01.